The number of hydrogen-bond donors (Lipinski definition) is 0. The zero-order valence-electron chi connectivity index (χ0n) is 7.61. The van der Waals surface area contributed by atoms with E-state index in [1.807, 2.05) is 0 Å². The van der Waals surface area contributed by atoms with E-state index in [-0.39, 0.29) is 5.88 Å². The lowest BCUT2D eigenvalue weighted by Crippen LogP contribution is -2.59. The Morgan fingerprint density at radius 1 is 1.15 bits per heavy atom. The summed E-state index contributed by atoms with van der Waals surface area (Å²) >= 11 is 0. The zero-order chi connectivity index (χ0) is 9.53. The molecule has 4 nitrogen and oxygen atoms in total. The smallest absolute Gasteiger partial charge is 0.169 e. The maximum atomic E-state index is 10.7. The van der Waals surface area contributed by atoms with Crippen LogP contribution in [0.5, 0.6) is 0 Å². The quantitative estimate of drug-likeness (QED) is 0.475. The van der Waals surface area contributed by atoms with Crippen molar-refractivity contribution in [1.29, 1.82) is 0 Å². The number of hydrogen-bond acceptors (Lipinski definition) is 3. The van der Waals surface area contributed by atoms with Gasteiger partial charge in [0.2, 0.25) is 0 Å². The summed E-state index contributed by atoms with van der Waals surface area (Å²) in [6, 6.07) is 0. The summed E-state index contributed by atoms with van der Waals surface area (Å²) in [7, 11) is -4.05. The lowest BCUT2D eigenvalue weighted by molar-refractivity contribution is -0.932. The molecule has 0 saturated carbocycles. The number of quaternary nitrogens is 1. The average Bonchev–Trinajstić information content (AvgIpc) is 2.03. The van der Waals surface area contributed by atoms with Gasteiger partial charge < -0.3 is 9.04 Å². The van der Waals surface area contributed by atoms with Crippen LogP contribution in [0.15, 0.2) is 0 Å². The first kappa shape index (κ1) is 9.43. The highest BCUT2D eigenvalue weighted by Crippen LogP contribution is 2.33. The standard InChI is InChI=1S/C8H15NO3S/c10-13(11,12)7-9-4-1-8(2-5-9)3-6-9/h8H,1-7H2. The second kappa shape index (κ2) is 2.93. The molecule has 3 rings (SSSR count). The Kier molecular flexibility index (Phi) is 2.13. The predicted octanol–water partition coefficient (Wildman–Crippen LogP) is 0.120. The van der Waals surface area contributed by atoms with E-state index in [0.29, 0.717) is 4.48 Å². The topological polar surface area (TPSA) is 57.2 Å². The third-order valence-electron chi connectivity index (χ3n) is 3.47. The van der Waals surface area contributed by atoms with Gasteiger partial charge in [0.05, 0.1) is 19.6 Å². The van der Waals surface area contributed by atoms with Crippen LogP contribution in [-0.2, 0) is 10.1 Å². The predicted molar refractivity (Wildman–Crippen MR) is 46.8 cm³/mol. The van der Waals surface area contributed by atoms with Gasteiger partial charge >= 0.3 is 0 Å². The third-order valence-corrected chi connectivity index (χ3v) is 4.33. The molecule has 0 spiro atoms. The summed E-state index contributed by atoms with van der Waals surface area (Å²) in [5, 5.41) is 0. The SMILES string of the molecule is O=S(=O)([O-])C[N+]12CCC(CC1)CC2. The summed E-state index contributed by atoms with van der Waals surface area (Å²) in [6.45, 7) is 2.68. The minimum absolute atomic E-state index is 0.181. The van der Waals surface area contributed by atoms with E-state index in [1.165, 1.54) is 0 Å². The Labute approximate surface area is 78.9 Å². The Morgan fingerprint density at radius 2 is 1.62 bits per heavy atom. The van der Waals surface area contributed by atoms with Crippen molar-refractivity contribution in [3.63, 3.8) is 0 Å². The first-order chi connectivity index (χ1) is 5.99. The molecule has 3 aliphatic rings. The molecular formula is C8H15NO3S. The van der Waals surface area contributed by atoms with Crippen molar-refractivity contribution in [2.75, 3.05) is 25.5 Å². The molecule has 0 radical (unpaired) electrons. The second-order valence-corrected chi connectivity index (χ2v) is 5.80. The third kappa shape index (κ3) is 2.03. The number of rotatable bonds is 2. The van der Waals surface area contributed by atoms with Crippen molar-refractivity contribution in [3.05, 3.63) is 0 Å². The second-order valence-electron chi connectivity index (χ2n) is 4.43. The van der Waals surface area contributed by atoms with Crippen molar-refractivity contribution in [2.24, 2.45) is 5.92 Å². The van der Waals surface area contributed by atoms with Crippen LogP contribution < -0.4 is 0 Å². The minimum Gasteiger partial charge on any atom is -0.744 e. The molecule has 0 atom stereocenters. The molecule has 0 aromatic heterocycles. The molecule has 13 heavy (non-hydrogen) atoms. The van der Waals surface area contributed by atoms with E-state index in [2.05, 4.69) is 0 Å². The molecule has 0 aromatic carbocycles. The molecule has 5 heteroatoms. The van der Waals surface area contributed by atoms with E-state index < -0.39 is 10.1 Å². The van der Waals surface area contributed by atoms with Gasteiger partial charge in [-0.25, -0.2) is 8.42 Å². The van der Waals surface area contributed by atoms with Crippen LogP contribution in [0.4, 0.5) is 0 Å². The Morgan fingerprint density at radius 3 is 2.00 bits per heavy atom. The molecule has 3 saturated heterocycles. The van der Waals surface area contributed by atoms with Crippen molar-refractivity contribution in [1.82, 2.24) is 0 Å². The fourth-order valence-corrected chi connectivity index (χ4v) is 3.72. The number of nitrogens with zero attached hydrogens (tertiary/aromatic N) is 1. The lowest BCUT2D eigenvalue weighted by atomic mass is 9.86. The summed E-state index contributed by atoms with van der Waals surface area (Å²) in [5.41, 5.74) is 0. The van der Waals surface area contributed by atoms with Crippen LogP contribution in [0.3, 0.4) is 0 Å². The van der Waals surface area contributed by atoms with Crippen molar-refractivity contribution in [3.8, 4) is 0 Å². The van der Waals surface area contributed by atoms with Crippen LogP contribution in [0, 0.1) is 5.92 Å². The molecule has 3 fully saturated rings. The summed E-state index contributed by atoms with van der Waals surface area (Å²) in [6.07, 6.45) is 3.32. The van der Waals surface area contributed by atoms with Crippen molar-refractivity contribution < 1.29 is 17.5 Å². The molecule has 2 bridgehead atoms. The normalized spacial score (nSPS) is 39.3. The van der Waals surface area contributed by atoms with Gasteiger partial charge in [-0.15, -0.1) is 0 Å². The molecule has 0 N–H and O–H groups in total. The van der Waals surface area contributed by atoms with E-state index in [4.69, 9.17) is 0 Å². The number of piperidine rings is 3. The summed E-state index contributed by atoms with van der Waals surface area (Å²) in [4.78, 5) is 0. The molecular weight excluding hydrogens is 190 g/mol. The van der Waals surface area contributed by atoms with Crippen molar-refractivity contribution >= 4 is 10.1 Å². The van der Waals surface area contributed by atoms with Gasteiger partial charge in [-0.3, -0.25) is 0 Å². The zero-order valence-corrected chi connectivity index (χ0v) is 8.42. The largest absolute Gasteiger partial charge is 0.744 e. The maximum absolute atomic E-state index is 10.7. The van der Waals surface area contributed by atoms with Gasteiger partial charge in [-0.2, -0.15) is 0 Å². The van der Waals surface area contributed by atoms with E-state index in [9.17, 15) is 13.0 Å². The van der Waals surface area contributed by atoms with Crippen LogP contribution in [0.1, 0.15) is 19.3 Å². The Balaban J connectivity index is 2.11. The van der Waals surface area contributed by atoms with Crippen molar-refractivity contribution in [2.45, 2.75) is 19.3 Å². The van der Waals surface area contributed by atoms with E-state index >= 15 is 0 Å². The van der Waals surface area contributed by atoms with Crippen LogP contribution in [0.25, 0.3) is 0 Å². The average molecular weight is 205 g/mol. The maximum Gasteiger partial charge on any atom is 0.169 e. The van der Waals surface area contributed by atoms with Crippen LogP contribution in [0.2, 0.25) is 0 Å². The summed E-state index contributed by atoms with van der Waals surface area (Å²) in [5.74, 6) is 0.619. The molecule has 0 amide bonds. The van der Waals surface area contributed by atoms with Gasteiger partial charge in [0.1, 0.15) is 10.1 Å². The van der Waals surface area contributed by atoms with Crippen LogP contribution in [-0.4, -0.2) is 43.0 Å². The van der Waals surface area contributed by atoms with Gasteiger partial charge in [0, 0.05) is 0 Å². The fraction of sp³-hybridized carbons (Fsp3) is 1.00. The lowest BCUT2D eigenvalue weighted by Gasteiger charge is -2.49. The summed E-state index contributed by atoms with van der Waals surface area (Å²) < 4.78 is 32.7. The first-order valence-electron chi connectivity index (χ1n) is 4.78. The molecule has 3 heterocycles. The molecule has 76 valence electrons. The number of fused-ring (bicyclic) bond motifs is 3. The molecule has 0 unspecified atom stereocenters. The van der Waals surface area contributed by atoms with Crippen LogP contribution >= 0.6 is 0 Å². The Hall–Kier alpha value is -0.130. The van der Waals surface area contributed by atoms with Gasteiger partial charge in [-0.1, -0.05) is 0 Å². The minimum atomic E-state index is -4.05. The molecule has 0 aliphatic carbocycles. The Bertz CT molecular complexity index is 277. The first-order valence-corrected chi connectivity index (χ1v) is 6.36. The van der Waals surface area contributed by atoms with Gasteiger partial charge in [0.25, 0.3) is 0 Å². The molecule has 3 aliphatic heterocycles. The highest BCUT2D eigenvalue weighted by molar-refractivity contribution is 7.85. The monoisotopic (exact) mass is 205 g/mol. The van der Waals surface area contributed by atoms with Gasteiger partial charge in [-0.05, 0) is 25.2 Å². The van der Waals surface area contributed by atoms with E-state index in [1.54, 1.807) is 0 Å². The highest BCUT2D eigenvalue weighted by atomic mass is 32.2. The molecule has 0 aromatic rings. The van der Waals surface area contributed by atoms with Gasteiger partial charge in [0.15, 0.2) is 5.88 Å². The van der Waals surface area contributed by atoms with E-state index in [0.717, 1.165) is 44.8 Å². The fourth-order valence-electron chi connectivity index (χ4n) is 2.67. The highest BCUT2D eigenvalue weighted by Gasteiger charge is 2.40.